The summed E-state index contributed by atoms with van der Waals surface area (Å²) in [5.41, 5.74) is 3.25. The molecule has 0 saturated heterocycles. The second kappa shape index (κ2) is 8.43. The first kappa shape index (κ1) is 18.7. The van der Waals surface area contributed by atoms with Crippen LogP contribution in [0, 0.1) is 5.82 Å². The van der Waals surface area contributed by atoms with Gasteiger partial charge in [0.25, 0.3) is 0 Å². The molecule has 0 bridgehead atoms. The molecule has 0 aliphatic carbocycles. The van der Waals surface area contributed by atoms with Crippen molar-refractivity contribution in [2.45, 2.75) is 59.4 Å². The Morgan fingerprint density at radius 1 is 1.04 bits per heavy atom. The number of rotatable bonds is 7. The number of benzene rings is 1. The van der Waals surface area contributed by atoms with Crippen molar-refractivity contribution in [2.75, 3.05) is 5.32 Å². The van der Waals surface area contributed by atoms with E-state index in [9.17, 15) is 4.39 Å². The molecule has 2 rings (SSSR count). The quantitative estimate of drug-likeness (QED) is 0.700. The number of halogens is 2. The van der Waals surface area contributed by atoms with Crippen LogP contribution >= 0.6 is 11.6 Å². The summed E-state index contributed by atoms with van der Waals surface area (Å²) < 4.78 is 13.3. The van der Waals surface area contributed by atoms with Gasteiger partial charge in [-0.2, -0.15) is 0 Å². The van der Waals surface area contributed by atoms with Crippen LogP contribution in [0.5, 0.6) is 0 Å². The van der Waals surface area contributed by atoms with Gasteiger partial charge in [-0.25, -0.2) is 14.4 Å². The van der Waals surface area contributed by atoms with Crippen LogP contribution in [0.2, 0.25) is 5.02 Å². The summed E-state index contributed by atoms with van der Waals surface area (Å²) >= 11 is 6.23. The molecule has 130 valence electrons. The van der Waals surface area contributed by atoms with Crippen molar-refractivity contribution in [3.8, 4) is 11.3 Å². The van der Waals surface area contributed by atoms with Crippen molar-refractivity contribution < 1.29 is 4.39 Å². The van der Waals surface area contributed by atoms with Crippen LogP contribution in [0.3, 0.4) is 0 Å². The molecule has 1 aromatic heterocycles. The maximum atomic E-state index is 13.3. The summed E-state index contributed by atoms with van der Waals surface area (Å²) in [5, 5.41) is 3.87. The Labute approximate surface area is 148 Å². The fourth-order valence-electron chi connectivity index (χ4n) is 2.70. The van der Waals surface area contributed by atoms with E-state index in [1.54, 1.807) is 6.07 Å². The van der Waals surface area contributed by atoms with E-state index >= 15 is 0 Å². The van der Waals surface area contributed by atoms with E-state index < -0.39 is 0 Å². The molecule has 24 heavy (non-hydrogen) atoms. The Hall–Kier alpha value is -1.68. The van der Waals surface area contributed by atoms with Crippen LogP contribution in [-0.2, 0) is 12.8 Å². The minimum atomic E-state index is -0.350. The first-order valence-corrected chi connectivity index (χ1v) is 9.03. The number of hydrogen-bond acceptors (Lipinski definition) is 3. The van der Waals surface area contributed by atoms with Crippen LogP contribution in [0.4, 0.5) is 10.2 Å². The maximum absolute atomic E-state index is 13.3. The standard InChI is InChI=1S/C19H25ClFN3/c1-5-13(6-2)22-19-17(8-4)23-18(16(7-3)24-19)14-10-9-12(21)11-15(14)20/h9-11,13H,5-8H2,1-4H3,(H,22,24). The van der Waals surface area contributed by atoms with Gasteiger partial charge in [0.05, 0.1) is 22.1 Å². The minimum Gasteiger partial charge on any atom is -0.366 e. The molecule has 0 radical (unpaired) electrons. The first-order valence-electron chi connectivity index (χ1n) is 8.65. The van der Waals surface area contributed by atoms with Crippen LogP contribution in [0.25, 0.3) is 11.3 Å². The molecule has 0 spiro atoms. The molecule has 0 saturated carbocycles. The lowest BCUT2D eigenvalue weighted by molar-refractivity contribution is 0.628. The topological polar surface area (TPSA) is 37.8 Å². The van der Waals surface area contributed by atoms with E-state index in [1.807, 2.05) is 6.92 Å². The van der Waals surface area contributed by atoms with Crippen molar-refractivity contribution in [1.29, 1.82) is 0 Å². The van der Waals surface area contributed by atoms with Crippen molar-refractivity contribution >= 4 is 17.4 Å². The molecular weight excluding hydrogens is 325 g/mol. The second-order valence-electron chi connectivity index (χ2n) is 5.80. The van der Waals surface area contributed by atoms with E-state index in [-0.39, 0.29) is 5.82 Å². The van der Waals surface area contributed by atoms with E-state index in [0.29, 0.717) is 11.1 Å². The van der Waals surface area contributed by atoms with Gasteiger partial charge in [-0.15, -0.1) is 0 Å². The lowest BCUT2D eigenvalue weighted by Gasteiger charge is -2.20. The van der Waals surface area contributed by atoms with Crippen LogP contribution in [0.1, 0.15) is 51.9 Å². The summed E-state index contributed by atoms with van der Waals surface area (Å²) in [6, 6.07) is 4.79. The van der Waals surface area contributed by atoms with Crippen molar-refractivity contribution in [1.82, 2.24) is 9.97 Å². The van der Waals surface area contributed by atoms with Crippen molar-refractivity contribution in [2.24, 2.45) is 0 Å². The number of anilines is 1. The van der Waals surface area contributed by atoms with Crippen molar-refractivity contribution in [3.05, 3.63) is 40.4 Å². The fourth-order valence-corrected chi connectivity index (χ4v) is 2.95. The highest BCUT2D eigenvalue weighted by Gasteiger charge is 2.17. The molecule has 3 nitrogen and oxygen atoms in total. The third-order valence-corrected chi connectivity index (χ3v) is 4.54. The van der Waals surface area contributed by atoms with E-state index in [0.717, 1.165) is 54.1 Å². The Kier molecular flexibility index (Phi) is 6.55. The summed E-state index contributed by atoms with van der Waals surface area (Å²) in [6.45, 7) is 8.42. The zero-order chi connectivity index (χ0) is 17.7. The molecule has 0 aliphatic heterocycles. The lowest BCUT2D eigenvalue weighted by atomic mass is 10.1. The monoisotopic (exact) mass is 349 g/mol. The summed E-state index contributed by atoms with van der Waals surface area (Å²) in [4.78, 5) is 9.62. The average molecular weight is 350 g/mol. The van der Waals surface area contributed by atoms with E-state index in [2.05, 4.69) is 26.1 Å². The largest absolute Gasteiger partial charge is 0.366 e. The third kappa shape index (κ3) is 4.04. The van der Waals surface area contributed by atoms with Gasteiger partial charge in [0.1, 0.15) is 11.6 Å². The van der Waals surface area contributed by atoms with Gasteiger partial charge in [0.2, 0.25) is 0 Å². The molecule has 0 fully saturated rings. The normalized spacial score (nSPS) is 11.1. The van der Waals surface area contributed by atoms with Crippen LogP contribution in [-0.4, -0.2) is 16.0 Å². The molecule has 0 amide bonds. The second-order valence-corrected chi connectivity index (χ2v) is 6.21. The van der Waals surface area contributed by atoms with Gasteiger partial charge >= 0.3 is 0 Å². The Bertz CT molecular complexity index is 699. The highest BCUT2D eigenvalue weighted by atomic mass is 35.5. The smallest absolute Gasteiger partial charge is 0.148 e. The highest BCUT2D eigenvalue weighted by Crippen LogP contribution is 2.31. The Balaban J connectivity index is 2.53. The minimum absolute atomic E-state index is 0.350. The molecule has 1 heterocycles. The molecule has 5 heteroatoms. The molecule has 1 aromatic carbocycles. The van der Waals surface area contributed by atoms with Gasteiger partial charge in [-0.3, -0.25) is 0 Å². The average Bonchev–Trinajstić information content (AvgIpc) is 2.59. The number of hydrogen-bond donors (Lipinski definition) is 1. The SMILES string of the molecule is CCc1nc(-c2ccc(F)cc2Cl)c(CC)nc1NC(CC)CC. The number of aromatic nitrogens is 2. The van der Waals surface area contributed by atoms with Gasteiger partial charge in [0.15, 0.2) is 0 Å². The van der Waals surface area contributed by atoms with Crippen molar-refractivity contribution in [3.63, 3.8) is 0 Å². The van der Waals surface area contributed by atoms with E-state index in [4.69, 9.17) is 21.6 Å². The summed E-state index contributed by atoms with van der Waals surface area (Å²) in [5.74, 6) is 0.502. The Morgan fingerprint density at radius 2 is 1.71 bits per heavy atom. The summed E-state index contributed by atoms with van der Waals surface area (Å²) in [7, 11) is 0. The number of nitrogens with one attached hydrogen (secondary N) is 1. The van der Waals surface area contributed by atoms with Gasteiger partial charge in [-0.05, 0) is 43.9 Å². The molecule has 0 atom stereocenters. The van der Waals surface area contributed by atoms with Gasteiger partial charge in [0, 0.05) is 11.6 Å². The highest BCUT2D eigenvalue weighted by molar-refractivity contribution is 6.33. The predicted molar refractivity (Wildman–Crippen MR) is 99.2 cm³/mol. The van der Waals surface area contributed by atoms with Crippen LogP contribution in [0.15, 0.2) is 18.2 Å². The molecule has 1 N–H and O–H groups in total. The fraction of sp³-hybridized carbons (Fsp3) is 0.474. The third-order valence-electron chi connectivity index (χ3n) is 4.22. The van der Waals surface area contributed by atoms with Crippen LogP contribution < -0.4 is 5.32 Å². The first-order chi connectivity index (χ1) is 11.5. The zero-order valence-electron chi connectivity index (χ0n) is 14.8. The summed E-state index contributed by atoms with van der Waals surface area (Å²) in [6.07, 6.45) is 3.57. The zero-order valence-corrected chi connectivity index (χ0v) is 15.5. The molecule has 0 unspecified atom stereocenters. The molecule has 2 aromatic rings. The molecule has 0 aliphatic rings. The van der Waals surface area contributed by atoms with E-state index in [1.165, 1.54) is 12.1 Å². The Morgan fingerprint density at radius 3 is 2.25 bits per heavy atom. The van der Waals surface area contributed by atoms with Gasteiger partial charge in [-0.1, -0.05) is 39.3 Å². The number of aryl methyl sites for hydroxylation is 2. The predicted octanol–water partition coefficient (Wildman–Crippen LogP) is 5.66. The van der Waals surface area contributed by atoms with Gasteiger partial charge < -0.3 is 5.32 Å². The molecular formula is C19H25ClFN3. The lowest BCUT2D eigenvalue weighted by Crippen LogP contribution is -2.20. The maximum Gasteiger partial charge on any atom is 0.148 e. The number of nitrogens with zero attached hydrogens (tertiary/aromatic N) is 2.